The predicted octanol–water partition coefficient (Wildman–Crippen LogP) is 1.18. The van der Waals surface area contributed by atoms with Crippen LogP contribution in [0, 0.1) is 0 Å². The Morgan fingerprint density at radius 2 is 2.16 bits per heavy atom. The van der Waals surface area contributed by atoms with Gasteiger partial charge in [-0.05, 0) is 18.2 Å². The zero-order chi connectivity index (χ0) is 14.4. The number of aliphatic hydroxyl groups is 2. The summed E-state index contributed by atoms with van der Waals surface area (Å²) in [7, 11) is 1.43. The molecule has 104 valence electrons. The molecule has 0 fully saturated rings. The number of aldehydes is 1. The van der Waals surface area contributed by atoms with Gasteiger partial charge in [0.2, 0.25) is 0 Å². The normalized spacial score (nSPS) is 13.7. The molecule has 19 heavy (non-hydrogen) atoms. The van der Waals surface area contributed by atoms with Gasteiger partial charge in [-0.1, -0.05) is 11.8 Å². The fourth-order valence-electron chi connectivity index (χ4n) is 1.56. The van der Waals surface area contributed by atoms with Crippen LogP contribution in [0.3, 0.4) is 0 Å². The van der Waals surface area contributed by atoms with Crippen molar-refractivity contribution in [2.45, 2.75) is 19.1 Å². The SMILES string of the molecule is COc1ccc(C=O)cc1C(O)C(O)CSC(C)=O. The second kappa shape index (κ2) is 7.28. The lowest BCUT2D eigenvalue weighted by atomic mass is 10.0. The Bertz CT molecular complexity index is 460. The predicted molar refractivity (Wildman–Crippen MR) is 72.5 cm³/mol. The second-order valence-electron chi connectivity index (χ2n) is 3.93. The van der Waals surface area contributed by atoms with E-state index in [0.29, 0.717) is 23.2 Å². The van der Waals surface area contributed by atoms with Crippen LogP contribution in [-0.4, -0.2) is 40.6 Å². The fraction of sp³-hybridized carbons (Fsp3) is 0.385. The number of rotatable bonds is 6. The Labute approximate surface area is 115 Å². The van der Waals surface area contributed by atoms with Crippen LogP contribution in [0.4, 0.5) is 0 Å². The lowest BCUT2D eigenvalue weighted by Crippen LogP contribution is -2.22. The molecule has 2 N–H and O–H groups in total. The number of methoxy groups -OCH3 is 1. The van der Waals surface area contributed by atoms with Crippen LogP contribution in [0.2, 0.25) is 0 Å². The van der Waals surface area contributed by atoms with Gasteiger partial charge in [-0.2, -0.15) is 0 Å². The van der Waals surface area contributed by atoms with Crippen molar-refractivity contribution < 1.29 is 24.5 Å². The molecular formula is C13H16O5S. The zero-order valence-electron chi connectivity index (χ0n) is 10.7. The van der Waals surface area contributed by atoms with E-state index in [-0.39, 0.29) is 10.9 Å². The summed E-state index contributed by atoms with van der Waals surface area (Å²) in [6.07, 6.45) is -1.70. The summed E-state index contributed by atoms with van der Waals surface area (Å²) in [6, 6.07) is 4.56. The Kier molecular flexibility index (Phi) is 6.01. The largest absolute Gasteiger partial charge is 0.496 e. The molecule has 0 aliphatic heterocycles. The van der Waals surface area contributed by atoms with Gasteiger partial charge >= 0.3 is 0 Å². The maximum Gasteiger partial charge on any atom is 0.185 e. The molecule has 0 radical (unpaired) electrons. The van der Waals surface area contributed by atoms with Crippen molar-refractivity contribution in [2.24, 2.45) is 0 Å². The molecule has 1 rings (SSSR count). The van der Waals surface area contributed by atoms with Crippen molar-refractivity contribution in [3.05, 3.63) is 29.3 Å². The minimum Gasteiger partial charge on any atom is -0.496 e. The number of carbonyl (C=O) groups is 2. The summed E-state index contributed by atoms with van der Waals surface area (Å²) in [5.74, 6) is 0.454. The lowest BCUT2D eigenvalue weighted by Gasteiger charge is -2.20. The summed E-state index contributed by atoms with van der Waals surface area (Å²) in [4.78, 5) is 21.6. The molecule has 0 aromatic heterocycles. The summed E-state index contributed by atoms with van der Waals surface area (Å²) < 4.78 is 5.08. The molecular weight excluding hydrogens is 268 g/mol. The van der Waals surface area contributed by atoms with Gasteiger partial charge in [0.25, 0.3) is 0 Å². The molecule has 2 atom stereocenters. The highest BCUT2D eigenvalue weighted by Crippen LogP contribution is 2.29. The highest BCUT2D eigenvalue weighted by molar-refractivity contribution is 8.13. The zero-order valence-corrected chi connectivity index (χ0v) is 11.5. The molecule has 2 unspecified atom stereocenters. The number of hydrogen-bond acceptors (Lipinski definition) is 6. The van der Waals surface area contributed by atoms with Crippen molar-refractivity contribution in [3.63, 3.8) is 0 Å². The van der Waals surface area contributed by atoms with Crippen LogP contribution < -0.4 is 4.74 Å². The van der Waals surface area contributed by atoms with E-state index in [0.717, 1.165) is 11.8 Å². The molecule has 5 nitrogen and oxygen atoms in total. The van der Waals surface area contributed by atoms with E-state index < -0.39 is 12.2 Å². The Morgan fingerprint density at radius 3 is 2.68 bits per heavy atom. The standard InChI is InChI=1S/C13H16O5S/c1-8(15)19-7-11(16)13(17)10-5-9(6-14)3-4-12(10)18-2/h3-6,11,13,16-17H,7H2,1-2H3. The van der Waals surface area contributed by atoms with Gasteiger partial charge in [-0.25, -0.2) is 0 Å². The van der Waals surface area contributed by atoms with Gasteiger partial charge < -0.3 is 14.9 Å². The van der Waals surface area contributed by atoms with Crippen LogP contribution in [0.15, 0.2) is 18.2 Å². The average Bonchev–Trinajstić information content (AvgIpc) is 2.42. The number of hydrogen-bond donors (Lipinski definition) is 2. The quantitative estimate of drug-likeness (QED) is 0.763. The van der Waals surface area contributed by atoms with Gasteiger partial charge in [0, 0.05) is 23.8 Å². The van der Waals surface area contributed by atoms with Gasteiger partial charge in [0.15, 0.2) is 5.12 Å². The van der Waals surface area contributed by atoms with Crippen LogP contribution in [-0.2, 0) is 4.79 Å². The van der Waals surface area contributed by atoms with Crippen molar-refractivity contribution in [3.8, 4) is 5.75 Å². The third-order valence-corrected chi connectivity index (χ3v) is 3.45. The minimum absolute atomic E-state index is 0.0744. The smallest absolute Gasteiger partial charge is 0.185 e. The topological polar surface area (TPSA) is 83.8 Å². The van der Waals surface area contributed by atoms with Gasteiger partial charge in [0.1, 0.15) is 18.1 Å². The van der Waals surface area contributed by atoms with Crippen LogP contribution in [0.25, 0.3) is 0 Å². The van der Waals surface area contributed by atoms with Crippen molar-refractivity contribution >= 4 is 23.2 Å². The maximum atomic E-state index is 10.8. The number of carbonyl (C=O) groups excluding carboxylic acids is 2. The Morgan fingerprint density at radius 1 is 1.47 bits per heavy atom. The van der Waals surface area contributed by atoms with Crippen molar-refractivity contribution in [2.75, 3.05) is 12.9 Å². The monoisotopic (exact) mass is 284 g/mol. The van der Waals surface area contributed by atoms with Crippen molar-refractivity contribution in [1.82, 2.24) is 0 Å². The third-order valence-electron chi connectivity index (χ3n) is 2.53. The highest BCUT2D eigenvalue weighted by atomic mass is 32.2. The van der Waals surface area contributed by atoms with E-state index in [1.807, 2.05) is 0 Å². The van der Waals surface area contributed by atoms with E-state index >= 15 is 0 Å². The third kappa shape index (κ3) is 4.34. The molecule has 0 bridgehead atoms. The number of ether oxygens (including phenoxy) is 1. The number of aliphatic hydroxyl groups excluding tert-OH is 2. The lowest BCUT2D eigenvalue weighted by molar-refractivity contribution is -0.109. The first-order valence-electron chi connectivity index (χ1n) is 5.62. The molecule has 0 amide bonds. The first-order valence-corrected chi connectivity index (χ1v) is 6.60. The summed E-state index contributed by atoms with van der Waals surface area (Å²) >= 11 is 0.927. The molecule has 1 aromatic carbocycles. The van der Waals surface area contributed by atoms with Gasteiger partial charge in [-0.3, -0.25) is 9.59 Å². The van der Waals surface area contributed by atoms with E-state index in [1.54, 1.807) is 12.1 Å². The van der Waals surface area contributed by atoms with Crippen LogP contribution in [0.5, 0.6) is 5.75 Å². The van der Waals surface area contributed by atoms with E-state index in [2.05, 4.69) is 0 Å². The summed E-state index contributed by atoms with van der Waals surface area (Å²) in [5, 5.41) is 19.8. The van der Waals surface area contributed by atoms with Crippen LogP contribution >= 0.6 is 11.8 Å². The Hall–Kier alpha value is -1.37. The van der Waals surface area contributed by atoms with E-state index in [4.69, 9.17) is 4.74 Å². The molecule has 6 heteroatoms. The summed E-state index contributed by atoms with van der Waals surface area (Å²) in [5.41, 5.74) is 0.699. The molecule has 0 aliphatic carbocycles. The second-order valence-corrected chi connectivity index (χ2v) is 5.13. The molecule has 0 spiro atoms. The molecule has 0 saturated carbocycles. The Balaban J connectivity index is 2.92. The number of thioether (sulfide) groups is 1. The molecule has 0 saturated heterocycles. The van der Waals surface area contributed by atoms with Gasteiger partial charge in [-0.15, -0.1) is 0 Å². The first-order chi connectivity index (χ1) is 8.99. The molecule has 0 heterocycles. The minimum atomic E-state index is -1.22. The maximum absolute atomic E-state index is 10.8. The first kappa shape index (κ1) is 15.7. The number of benzene rings is 1. The highest BCUT2D eigenvalue weighted by Gasteiger charge is 2.22. The average molecular weight is 284 g/mol. The fourth-order valence-corrected chi connectivity index (χ4v) is 2.15. The molecule has 1 aromatic rings. The van der Waals surface area contributed by atoms with Gasteiger partial charge in [0.05, 0.1) is 13.2 Å². The van der Waals surface area contributed by atoms with E-state index in [9.17, 15) is 19.8 Å². The summed E-state index contributed by atoms with van der Waals surface area (Å²) in [6.45, 7) is 1.39. The van der Waals surface area contributed by atoms with E-state index in [1.165, 1.54) is 20.1 Å². The van der Waals surface area contributed by atoms with Crippen LogP contribution in [0.1, 0.15) is 28.9 Å². The molecule has 0 aliphatic rings. The van der Waals surface area contributed by atoms with Crippen molar-refractivity contribution in [1.29, 1.82) is 0 Å².